The van der Waals surface area contributed by atoms with Crippen LogP contribution in [-0.2, 0) is 6.15 Å². The Morgan fingerprint density at radius 3 is 1.53 bits per heavy atom. The maximum absolute atomic E-state index is 13.1. The fourth-order valence-electron chi connectivity index (χ4n) is 3.70. The number of aromatic nitrogens is 2. The number of pyridine rings is 2. The molecule has 2 heterocycles. The van der Waals surface area contributed by atoms with Crippen molar-refractivity contribution < 1.29 is 15.7 Å². The number of benzene rings is 3. The van der Waals surface area contributed by atoms with E-state index in [1.807, 2.05) is 91.0 Å². The van der Waals surface area contributed by atoms with Crippen LogP contribution < -0.4 is 3.58 Å². The van der Waals surface area contributed by atoms with Crippen LogP contribution in [0.15, 0.2) is 103 Å². The molecule has 166 valence electrons. The normalized spacial score (nSPS) is 11.3. The first-order chi connectivity index (χ1) is 16.5. The number of hydrogen-bond acceptors (Lipinski definition) is 6. The minimum absolute atomic E-state index is 0.164. The third-order valence-corrected chi connectivity index (χ3v) is 12.7. The average molecular weight is 555 g/mol. The summed E-state index contributed by atoms with van der Waals surface area (Å²) in [6, 6.07) is 31.1. The monoisotopic (exact) mass is 556 g/mol. The molecular weight excluding hydrogens is 535 g/mol. The molecule has 0 amide bonds. The fraction of sp³-hybridized carbons (Fsp3) is 0.0370. The Labute approximate surface area is 201 Å². The molecule has 0 aliphatic heterocycles. The van der Waals surface area contributed by atoms with Gasteiger partial charge in [0.25, 0.3) is 0 Å². The first-order valence-corrected chi connectivity index (χ1v) is 17.4. The molecular formula is C27H20N2O4Sn. The van der Waals surface area contributed by atoms with Gasteiger partial charge in [-0.05, 0) is 0 Å². The van der Waals surface area contributed by atoms with Gasteiger partial charge in [0.15, 0.2) is 0 Å². The van der Waals surface area contributed by atoms with Crippen LogP contribution in [0.2, 0.25) is 4.94 Å². The SMILES string of the molecule is [CH3][Sn]([O]C(=O)c1ccc2ccccc2n1)([O]C(=O)c1ccc2ccccc2n1)[c]1ccccc1. The van der Waals surface area contributed by atoms with E-state index >= 15 is 0 Å². The average Bonchev–Trinajstić information content (AvgIpc) is 2.88. The van der Waals surface area contributed by atoms with Gasteiger partial charge in [-0.2, -0.15) is 0 Å². The maximum atomic E-state index is 13.1. The topological polar surface area (TPSA) is 78.4 Å². The van der Waals surface area contributed by atoms with Crippen molar-refractivity contribution in [2.24, 2.45) is 0 Å². The van der Waals surface area contributed by atoms with Crippen LogP contribution in [0.4, 0.5) is 0 Å². The van der Waals surface area contributed by atoms with Crippen LogP contribution >= 0.6 is 0 Å². The molecule has 0 radical (unpaired) electrons. The third kappa shape index (κ3) is 4.49. The molecule has 0 saturated heterocycles. The summed E-state index contributed by atoms with van der Waals surface area (Å²) >= 11 is -4.47. The molecule has 0 N–H and O–H groups in total. The van der Waals surface area contributed by atoms with Gasteiger partial charge in [0.05, 0.1) is 0 Å². The number of rotatable bonds is 5. The molecule has 0 fully saturated rings. The summed E-state index contributed by atoms with van der Waals surface area (Å²) in [5, 5.41) is 1.84. The second-order valence-corrected chi connectivity index (χ2v) is 16.1. The summed E-state index contributed by atoms with van der Waals surface area (Å²) in [7, 11) is 0. The Morgan fingerprint density at radius 1 is 0.588 bits per heavy atom. The standard InChI is InChI=1S/2C10H7NO2.C6H5.CH3.Sn/c2*12-10(13)9-6-5-7-3-1-2-4-8(7)11-9;1-2-4-6-5-3-1;;/h2*1-6H,(H,12,13);1-5H;1H3;/q;;;;+2/p-2. The molecule has 0 aliphatic carbocycles. The number of carbonyl (C=O) groups excluding carboxylic acids is 2. The van der Waals surface area contributed by atoms with Crippen LogP contribution in [0.5, 0.6) is 0 Å². The Morgan fingerprint density at radius 2 is 1.03 bits per heavy atom. The van der Waals surface area contributed by atoms with E-state index < -0.39 is 31.1 Å². The van der Waals surface area contributed by atoms with Gasteiger partial charge in [0, 0.05) is 0 Å². The van der Waals surface area contributed by atoms with E-state index in [1.165, 1.54) is 0 Å². The van der Waals surface area contributed by atoms with Crippen LogP contribution in [0, 0.1) is 0 Å². The Hall–Kier alpha value is -3.78. The molecule has 34 heavy (non-hydrogen) atoms. The zero-order valence-corrected chi connectivity index (χ0v) is 21.2. The van der Waals surface area contributed by atoms with Crippen LogP contribution in [0.3, 0.4) is 0 Å². The van der Waals surface area contributed by atoms with Gasteiger partial charge in [0.2, 0.25) is 0 Å². The molecule has 6 nitrogen and oxygen atoms in total. The zero-order chi connectivity index (χ0) is 23.5. The van der Waals surface area contributed by atoms with E-state index in [9.17, 15) is 9.59 Å². The summed E-state index contributed by atoms with van der Waals surface area (Å²) in [6.45, 7) is 0. The van der Waals surface area contributed by atoms with Gasteiger partial charge in [-0.25, -0.2) is 0 Å². The van der Waals surface area contributed by atoms with Gasteiger partial charge < -0.3 is 0 Å². The number of carbonyl (C=O) groups is 2. The van der Waals surface area contributed by atoms with E-state index in [4.69, 9.17) is 6.15 Å². The Kier molecular flexibility index (Phi) is 5.98. The van der Waals surface area contributed by atoms with E-state index in [-0.39, 0.29) is 11.4 Å². The molecule has 0 spiro atoms. The van der Waals surface area contributed by atoms with Gasteiger partial charge in [0.1, 0.15) is 0 Å². The molecule has 5 aromatic rings. The summed E-state index contributed by atoms with van der Waals surface area (Å²) in [5.74, 6) is -1.24. The van der Waals surface area contributed by atoms with Crippen LogP contribution in [0.1, 0.15) is 21.0 Å². The number of nitrogens with zero attached hydrogens (tertiary/aromatic N) is 2. The zero-order valence-electron chi connectivity index (χ0n) is 18.3. The van der Waals surface area contributed by atoms with E-state index in [1.54, 1.807) is 17.1 Å². The molecule has 0 atom stereocenters. The summed E-state index contributed by atoms with van der Waals surface area (Å²) < 4.78 is 12.7. The summed E-state index contributed by atoms with van der Waals surface area (Å²) in [5.41, 5.74) is 1.70. The quantitative estimate of drug-likeness (QED) is 0.291. The van der Waals surface area contributed by atoms with E-state index in [0.29, 0.717) is 14.6 Å². The second-order valence-electron chi connectivity index (χ2n) is 7.87. The molecule has 0 aliphatic rings. The molecule has 0 saturated carbocycles. The van der Waals surface area contributed by atoms with Crippen molar-refractivity contribution in [3.8, 4) is 0 Å². The van der Waals surface area contributed by atoms with Crippen molar-refractivity contribution in [1.29, 1.82) is 0 Å². The van der Waals surface area contributed by atoms with Crippen LogP contribution in [-0.4, -0.2) is 41.1 Å². The van der Waals surface area contributed by atoms with Gasteiger partial charge in [-0.1, -0.05) is 0 Å². The van der Waals surface area contributed by atoms with Gasteiger partial charge >= 0.3 is 202 Å². The molecule has 0 unspecified atom stereocenters. The fourth-order valence-corrected chi connectivity index (χ4v) is 9.38. The minimum atomic E-state index is -4.47. The van der Waals surface area contributed by atoms with Gasteiger partial charge in [-0.15, -0.1) is 0 Å². The van der Waals surface area contributed by atoms with Crippen molar-refractivity contribution in [3.05, 3.63) is 115 Å². The summed E-state index contributed by atoms with van der Waals surface area (Å²) in [6.07, 6.45) is 0. The predicted molar refractivity (Wildman–Crippen MR) is 132 cm³/mol. The predicted octanol–water partition coefficient (Wildman–Crippen LogP) is 4.78. The number of fused-ring (bicyclic) bond motifs is 2. The van der Waals surface area contributed by atoms with Crippen LogP contribution in [0.25, 0.3) is 21.8 Å². The van der Waals surface area contributed by atoms with Crippen molar-refractivity contribution in [2.75, 3.05) is 0 Å². The van der Waals surface area contributed by atoms with E-state index in [2.05, 4.69) is 9.97 Å². The number of hydrogen-bond donors (Lipinski definition) is 0. The molecule has 7 heteroatoms. The molecule has 0 bridgehead atoms. The van der Waals surface area contributed by atoms with E-state index in [0.717, 1.165) is 10.8 Å². The van der Waals surface area contributed by atoms with Crippen molar-refractivity contribution in [2.45, 2.75) is 4.94 Å². The molecule has 3 aromatic carbocycles. The molecule has 5 rings (SSSR count). The Balaban J connectivity index is 1.46. The Bertz CT molecular complexity index is 1430. The second kappa shape index (κ2) is 9.23. The van der Waals surface area contributed by atoms with Crippen molar-refractivity contribution in [1.82, 2.24) is 9.97 Å². The molecule has 2 aromatic heterocycles. The van der Waals surface area contributed by atoms with Crippen molar-refractivity contribution in [3.63, 3.8) is 0 Å². The first kappa shape index (κ1) is 22.0. The van der Waals surface area contributed by atoms with Crippen molar-refractivity contribution >= 4 is 56.5 Å². The first-order valence-electron chi connectivity index (χ1n) is 10.8. The van der Waals surface area contributed by atoms with Gasteiger partial charge in [-0.3, -0.25) is 0 Å². The summed E-state index contributed by atoms with van der Waals surface area (Å²) in [4.78, 5) is 36.9. The third-order valence-electron chi connectivity index (χ3n) is 5.49. The number of para-hydroxylation sites is 2.